The Labute approximate surface area is 168 Å². The Hall–Kier alpha value is -3.06. The van der Waals surface area contributed by atoms with Crippen molar-refractivity contribution >= 4 is 29.0 Å². The van der Waals surface area contributed by atoms with E-state index in [2.05, 4.69) is 29.4 Å². The highest BCUT2D eigenvalue weighted by molar-refractivity contribution is 7.98. The summed E-state index contributed by atoms with van der Waals surface area (Å²) in [5.41, 5.74) is 4.11. The highest BCUT2D eigenvalue weighted by atomic mass is 32.2. The van der Waals surface area contributed by atoms with Gasteiger partial charge in [-0.1, -0.05) is 42.1 Å². The number of ether oxygens (including phenoxy) is 1. The Morgan fingerprint density at radius 2 is 1.79 bits per heavy atom. The van der Waals surface area contributed by atoms with E-state index in [1.54, 1.807) is 7.11 Å². The molecule has 0 saturated carbocycles. The number of benzene rings is 2. The minimum absolute atomic E-state index is 0.724. The molecule has 0 spiro atoms. The second-order valence-electron chi connectivity index (χ2n) is 6.33. The summed E-state index contributed by atoms with van der Waals surface area (Å²) in [7, 11) is 3.66. The highest BCUT2D eigenvalue weighted by Gasteiger charge is 2.17. The van der Waals surface area contributed by atoms with Crippen molar-refractivity contribution in [1.29, 1.82) is 0 Å². The van der Waals surface area contributed by atoms with Gasteiger partial charge in [0.25, 0.3) is 0 Å². The van der Waals surface area contributed by atoms with E-state index in [1.807, 2.05) is 59.2 Å². The zero-order valence-electron chi connectivity index (χ0n) is 16.0. The summed E-state index contributed by atoms with van der Waals surface area (Å²) in [5, 5.41) is 5.31. The van der Waals surface area contributed by atoms with E-state index in [0.29, 0.717) is 0 Å². The molecule has 0 fully saturated rings. The van der Waals surface area contributed by atoms with Crippen molar-refractivity contribution in [3.05, 3.63) is 71.9 Å². The molecule has 0 aliphatic heterocycles. The second-order valence-corrected chi connectivity index (χ2v) is 7.11. The number of nitrogens with zero attached hydrogens (tertiary/aromatic N) is 5. The SMILES string of the molecule is COc1ccc(Cc2cnn3c(N(C)c4ccccc4)nc(SC)nc23)cc1. The van der Waals surface area contributed by atoms with Gasteiger partial charge in [0.15, 0.2) is 10.8 Å². The van der Waals surface area contributed by atoms with Crippen LogP contribution in [0.3, 0.4) is 0 Å². The molecular weight excluding hydrogens is 370 g/mol. The maximum Gasteiger partial charge on any atom is 0.235 e. The Morgan fingerprint density at radius 3 is 2.46 bits per heavy atom. The van der Waals surface area contributed by atoms with Crippen molar-refractivity contribution in [3.8, 4) is 5.75 Å². The standard InChI is InChI=1S/C21H21N5OS/c1-25(17-7-5-4-6-8-17)21-24-20(28-3)23-19-16(14-22-26(19)21)13-15-9-11-18(27-2)12-10-15/h4-12,14H,13H2,1-3H3. The van der Waals surface area contributed by atoms with Crippen LogP contribution in [0.15, 0.2) is 66.0 Å². The van der Waals surface area contributed by atoms with Crippen molar-refractivity contribution in [2.24, 2.45) is 0 Å². The highest BCUT2D eigenvalue weighted by Crippen LogP contribution is 2.26. The summed E-state index contributed by atoms with van der Waals surface area (Å²) in [6, 6.07) is 18.2. The molecule has 0 radical (unpaired) electrons. The first-order valence-electron chi connectivity index (χ1n) is 8.90. The first kappa shape index (κ1) is 18.3. The Morgan fingerprint density at radius 1 is 1.04 bits per heavy atom. The molecule has 28 heavy (non-hydrogen) atoms. The number of thioether (sulfide) groups is 1. The molecule has 2 aromatic carbocycles. The summed E-state index contributed by atoms with van der Waals surface area (Å²) in [6.45, 7) is 0. The maximum atomic E-state index is 5.24. The van der Waals surface area contributed by atoms with Crippen molar-refractivity contribution < 1.29 is 4.74 Å². The fourth-order valence-corrected chi connectivity index (χ4v) is 3.40. The molecule has 2 heterocycles. The van der Waals surface area contributed by atoms with E-state index in [0.717, 1.165) is 40.2 Å². The van der Waals surface area contributed by atoms with Gasteiger partial charge in [-0.15, -0.1) is 0 Å². The van der Waals surface area contributed by atoms with E-state index in [4.69, 9.17) is 14.7 Å². The molecule has 4 aromatic rings. The van der Waals surface area contributed by atoms with Crippen LogP contribution in [0.1, 0.15) is 11.1 Å². The van der Waals surface area contributed by atoms with Gasteiger partial charge in [-0.2, -0.15) is 14.6 Å². The van der Waals surface area contributed by atoms with E-state index in [9.17, 15) is 0 Å². The number of rotatable bonds is 6. The lowest BCUT2D eigenvalue weighted by atomic mass is 10.1. The zero-order chi connectivity index (χ0) is 19.5. The molecule has 7 heteroatoms. The van der Waals surface area contributed by atoms with Crippen LogP contribution < -0.4 is 9.64 Å². The number of anilines is 2. The monoisotopic (exact) mass is 391 g/mol. The predicted molar refractivity (Wildman–Crippen MR) is 113 cm³/mol. The van der Waals surface area contributed by atoms with Crippen LogP contribution in [0.25, 0.3) is 5.65 Å². The first-order chi connectivity index (χ1) is 13.7. The number of para-hydroxylation sites is 1. The number of hydrogen-bond donors (Lipinski definition) is 0. The summed E-state index contributed by atoms with van der Waals surface area (Å²) in [5.74, 6) is 1.59. The summed E-state index contributed by atoms with van der Waals surface area (Å²) < 4.78 is 7.05. The average molecular weight is 392 g/mol. The van der Waals surface area contributed by atoms with E-state index in [-0.39, 0.29) is 0 Å². The number of fused-ring (bicyclic) bond motifs is 1. The molecule has 0 unspecified atom stereocenters. The molecule has 142 valence electrons. The number of methoxy groups -OCH3 is 1. The van der Waals surface area contributed by atoms with Gasteiger partial charge < -0.3 is 9.64 Å². The average Bonchev–Trinajstić information content (AvgIpc) is 3.16. The lowest BCUT2D eigenvalue weighted by Crippen LogP contribution is -2.17. The smallest absolute Gasteiger partial charge is 0.235 e. The van der Waals surface area contributed by atoms with Crippen LogP contribution in [-0.4, -0.2) is 40.0 Å². The zero-order valence-corrected chi connectivity index (χ0v) is 16.8. The van der Waals surface area contributed by atoms with Crippen molar-refractivity contribution in [3.63, 3.8) is 0 Å². The lowest BCUT2D eigenvalue weighted by Gasteiger charge is -2.19. The minimum atomic E-state index is 0.724. The minimum Gasteiger partial charge on any atom is -0.497 e. The van der Waals surface area contributed by atoms with Crippen LogP contribution >= 0.6 is 11.8 Å². The van der Waals surface area contributed by atoms with Gasteiger partial charge in [0.1, 0.15) is 5.75 Å². The molecule has 0 bridgehead atoms. The molecular formula is C21H21N5OS. The summed E-state index contributed by atoms with van der Waals surface area (Å²) in [4.78, 5) is 11.4. The third-order valence-corrected chi connectivity index (χ3v) is 5.13. The fourth-order valence-electron chi connectivity index (χ4n) is 3.05. The Balaban J connectivity index is 1.75. The van der Waals surface area contributed by atoms with Crippen LogP contribution in [0.5, 0.6) is 5.75 Å². The van der Waals surface area contributed by atoms with Crippen LogP contribution in [0.2, 0.25) is 0 Å². The number of hydrogen-bond acceptors (Lipinski definition) is 6. The number of aromatic nitrogens is 4. The molecule has 0 N–H and O–H groups in total. The summed E-state index contributed by atoms with van der Waals surface area (Å²) >= 11 is 1.53. The fraction of sp³-hybridized carbons (Fsp3) is 0.190. The second kappa shape index (κ2) is 7.90. The maximum absolute atomic E-state index is 5.24. The molecule has 0 atom stereocenters. The van der Waals surface area contributed by atoms with Gasteiger partial charge in [0, 0.05) is 24.7 Å². The first-order valence-corrected chi connectivity index (χ1v) is 10.1. The predicted octanol–water partition coefficient (Wildman–Crippen LogP) is 4.21. The van der Waals surface area contributed by atoms with E-state index >= 15 is 0 Å². The lowest BCUT2D eigenvalue weighted by molar-refractivity contribution is 0.414. The third kappa shape index (κ3) is 3.53. The third-order valence-electron chi connectivity index (χ3n) is 4.58. The molecule has 0 aliphatic carbocycles. The van der Waals surface area contributed by atoms with Crippen LogP contribution in [0.4, 0.5) is 11.6 Å². The Kier molecular flexibility index (Phi) is 5.16. The largest absolute Gasteiger partial charge is 0.497 e. The molecule has 0 aliphatic rings. The quantitative estimate of drug-likeness (QED) is 0.459. The van der Waals surface area contributed by atoms with Gasteiger partial charge >= 0.3 is 0 Å². The molecule has 0 saturated heterocycles. The van der Waals surface area contributed by atoms with Gasteiger partial charge in [0.05, 0.1) is 13.3 Å². The van der Waals surface area contributed by atoms with Crippen LogP contribution in [0, 0.1) is 0 Å². The Bertz CT molecular complexity index is 1080. The van der Waals surface area contributed by atoms with Gasteiger partial charge in [0.2, 0.25) is 5.95 Å². The van der Waals surface area contributed by atoms with Crippen molar-refractivity contribution in [2.75, 3.05) is 25.3 Å². The summed E-state index contributed by atoms with van der Waals surface area (Å²) in [6.07, 6.45) is 4.60. The molecule has 6 nitrogen and oxygen atoms in total. The van der Waals surface area contributed by atoms with Crippen molar-refractivity contribution in [2.45, 2.75) is 11.6 Å². The van der Waals surface area contributed by atoms with E-state index in [1.165, 1.54) is 17.3 Å². The molecule has 4 rings (SSSR count). The molecule has 2 aromatic heterocycles. The van der Waals surface area contributed by atoms with Crippen LogP contribution in [-0.2, 0) is 6.42 Å². The van der Waals surface area contributed by atoms with E-state index < -0.39 is 0 Å². The van der Waals surface area contributed by atoms with Gasteiger partial charge in [-0.05, 0) is 36.1 Å². The molecule has 0 amide bonds. The van der Waals surface area contributed by atoms with Gasteiger partial charge in [-0.3, -0.25) is 0 Å². The van der Waals surface area contributed by atoms with Gasteiger partial charge in [-0.25, -0.2) is 4.98 Å². The topological polar surface area (TPSA) is 55.6 Å². The normalized spacial score (nSPS) is 11.0. The van der Waals surface area contributed by atoms with Crippen molar-refractivity contribution in [1.82, 2.24) is 19.6 Å².